The molecule has 1 aromatic rings. The summed E-state index contributed by atoms with van der Waals surface area (Å²) >= 11 is 0. The molecule has 1 rings (SSSR count). The smallest absolute Gasteiger partial charge is 0.0658 e. The van der Waals surface area contributed by atoms with Crippen molar-refractivity contribution in [2.75, 3.05) is 0 Å². The number of rotatable bonds is 1. The monoisotopic (exact) mass is 161 g/mol. The number of hydrogen-bond acceptors (Lipinski definition) is 1. The van der Waals surface area contributed by atoms with Gasteiger partial charge in [-0.05, 0) is 50.5 Å². The van der Waals surface area contributed by atoms with Crippen LogP contribution in [-0.4, -0.2) is 4.98 Å². The Kier molecular flexibility index (Phi) is 2.32. The van der Waals surface area contributed by atoms with Gasteiger partial charge in [0.15, 0.2) is 0 Å². The van der Waals surface area contributed by atoms with Crippen molar-refractivity contribution >= 4 is 6.08 Å². The summed E-state index contributed by atoms with van der Waals surface area (Å²) in [5, 5.41) is 0. The average Bonchev–Trinajstić information content (AvgIpc) is 2.08. The molecule has 1 heterocycles. The molecule has 0 aliphatic rings. The van der Waals surface area contributed by atoms with Crippen LogP contribution in [0.1, 0.15) is 28.1 Å². The van der Waals surface area contributed by atoms with Crippen molar-refractivity contribution < 1.29 is 0 Å². The highest BCUT2D eigenvalue weighted by molar-refractivity contribution is 5.51. The van der Waals surface area contributed by atoms with Crippen LogP contribution in [0.4, 0.5) is 0 Å². The van der Waals surface area contributed by atoms with Crippen LogP contribution >= 0.6 is 0 Å². The zero-order valence-electron chi connectivity index (χ0n) is 8.23. The van der Waals surface area contributed by atoms with E-state index in [2.05, 4.69) is 32.3 Å². The fourth-order valence-corrected chi connectivity index (χ4v) is 1.29. The lowest BCUT2D eigenvalue weighted by Gasteiger charge is -2.09. The minimum absolute atomic E-state index is 1.01. The van der Waals surface area contributed by atoms with Crippen molar-refractivity contribution in [2.45, 2.75) is 27.7 Å². The highest BCUT2D eigenvalue weighted by Gasteiger charge is 2.05. The van der Waals surface area contributed by atoms with E-state index in [0.29, 0.717) is 0 Å². The van der Waals surface area contributed by atoms with Gasteiger partial charge in [0.05, 0.1) is 5.69 Å². The van der Waals surface area contributed by atoms with Gasteiger partial charge in [0, 0.05) is 5.69 Å². The summed E-state index contributed by atoms with van der Waals surface area (Å²) in [6.07, 6.45) is 1.81. The third kappa shape index (κ3) is 1.27. The van der Waals surface area contributed by atoms with E-state index >= 15 is 0 Å². The van der Waals surface area contributed by atoms with Gasteiger partial charge in [-0.25, -0.2) is 0 Å². The van der Waals surface area contributed by atoms with Gasteiger partial charge in [0.2, 0.25) is 0 Å². The molecular formula is C11H15N. The van der Waals surface area contributed by atoms with Crippen molar-refractivity contribution in [1.29, 1.82) is 0 Å². The molecular weight excluding hydrogens is 146 g/mol. The standard InChI is InChI=1S/C11H15N/c1-6-11-9(4)7(2)8(3)10(5)12-11/h6H,1H2,2-5H3. The van der Waals surface area contributed by atoms with Crippen LogP contribution in [0.15, 0.2) is 6.58 Å². The van der Waals surface area contributed by atoms with Crippen LogP contribution in [0, 0.1) is 27.7 Å². The van der Waals surface area contributed by atoms with Gasteiger partial charge in [0.25, 0.3) is 0 Å². The van der Waals surface area contributed by atoms with Gasteiger partial charge in [-0.2, -0.15) is 0 Å². The van der Waals surface area contributed by atoms with Crippen LogP contribution in [-0.2, 0) is 0 Å². The summed E-state index contributed by atoms with van der Waals surface area (Å²) in [6, 6.07) is 0. The Bertz CT molecular complexity index is 324. The predicted octanol–water partition coefficient (Wildman–Crippen LogP) is 2.96. The van der Waals surface area contributed by atoms with E-state index < -0.39 is 0 Å². The quantitative estimate of drug-likeness (QED) is 0.617. The van der Waals surface area contributed by atoms with E-state index in [9.17, 15) is 0 Å². The minimum atomic E-state index is 1.01. The van der Waals surface area contributed by atoms with Crippen LogP contribution in [0.5, 0.6) is 0 Å². The molecule has 0 spiro atoms. The van der Waals surface area contributed by atoms with Gasteiger partial charge in [0.1, 0.15) is 0 Å². The van der Waals surface area contributed by atoms with Gasteiger partial charge in [-0.1, -0.05) is 6.58 Å². The molecule has 1 nitrogen and oxygen atoms in total. The molecule has 0 saturated carbocycles. The minimum Gasteiger partial charge on any atom is -0.253 e. The average molecular weight is 161 g/mol. The first-order chi connectivity index (χ1) is 5.57. The van der Waals surface area contributed by atoms with Crippen LogP contribution in [0.2, 0.25) is 0 Å². The van der Waals surface area contributed by atoms with Crippen molar-refractivity contribution in [3.05, 3.63) is 34.7 Å². The Morgan fingerprint density at radius 1 is 1.00 bits per heavy atom. The van der Waals surface area contributed by atoms with Crippen molar-refractivity contribution in [3.8, 4) is 0 Å². The second kappa shape index (κ2) is 3.10. The maximum absolute atomic E-state index is 4.43. The SMILES string of the molecule is C=Cc1nc(C)c(C)c(C)c1C. The number of hydrogen-bond donors (Lipinski definition) is 0. The molecule has 12 heavy (non-hydrogen) atoms. The third-order valence-corrected chi connectivity index (χ3v) is 2.53. The summed E-state index contributed by atoms with van der Waals surface area (Å²) in [5.74, 6) is 0. The first-order valence-corrected chi connectivity index (χ1v) is 4.14. The molecule has 0 fully saturated rings. The number of aromatic nitrogens is 1. The Labute approximate surface area is 74.2 Å². The second-order valence-electron chi connectivity index (χ2n) is 3.16. The number of aryl methyl sites for hydroxylation is 1. The lowest BCUT2D eigenvalue weighted by atomic mass is 10.0. The van der Waals surface area contributed by atoms with Crippen LogP contribution < -0.4 is 0 Å². The Balaban J connectivity index is 3.49. The van der Waals surface area contributed by atoms with Crippen molar-refractivity contribution in [3.63, 3.8) is 0 Å². The topological polar surface area (TPSA) is 12.9 Å². The molecule has 0 N–H and O–H groups in total. The molecule has 1 aromatic heterocycles. The van der Waals surface area contributed by atoms with E-state index in [0.717, 1.165) is 11.4 Å². The van der Waals surface area contributed by atoms with E-state index in [1.54, 1.807) is 0 Å². The molecule has 1 heteroatoms. The van der Waals surface area contributed by atoms with Crippen LogP contribution in [0.3, 0.4) is 0 Å². The Morgan fingerprint density at radius 2 is 1.58 bits per heavy atom. The summed E-state index contributed by atoms with van der Waals surface area (Å²) < 4.78 is 0. The molecule has 0 saturated heterocycles. The van der Waals surface area contributed by atoms with Crippen molar-refractivity contribution in [1.82, 2.24) is 4.98 Å². The maximum Gasteiger partial charge on any atom is 0.0658 e. The molecule has 0 amide bonds. The van der Waals surface area contributed by atoms with Gasteiger partial charge in [-0.15, -0.1) is 0 Å². The van der Waals surface area contributed by atoms with Crippen LogP contribution in [0.25, 0.3) is 6.08 Å². The van der Waals surface area contributed by atoms with Gasteiger partial charge >= 0.3 is 0 Å². The number of nitrogens with zero attached hydrogens (tertiary/aromatic N) is 1. The zero-order chi connectivity index (χ0) is 9.30. The number of pyridine rings is 1. The molecule has 0 unspecified atom stereocenters. The van der Waals surface area contributed by atoms with E-state index in [1.165, 1.54) is 16.7 Å². The third-order valence-electron chi connectivity index (χ3n) is 2.53. The van der Waals surface area contributed by atoms with E-state index in [1.807, 2.05) is 13.0 Å². The lowest BCUT2D eigenvalue weighted by molar-refractivity contribution is 1.07. The molecule has 0 bridgehead atoms. The first kappa shape index (κ1) is 8.98. The van der Waals surface area contributed by atoms with Gasteiger partial charge < -0.3 is 0 Å². The first-order valence-electron chi connectivity index (χ1n) is 4.14. The Hall–Kier alpha value is -1.11. The summed E-state index contributed by atoms with van der Waals surface area (Å²) in [5.41, 5.74) is 5.98. The van der Waals surface area contributed by atoms with Crippen molar-refractivity contribution in [2.24, 2.45) is 0 Å². The highest BCUT2D eigenvalue weighted by Crippen LogP contribution is 2.18. The molecule has 0 aliphatic heterocycles. The Morgan fingerprint density at radius 3 is 2.08 bits per heavy atom. The normalized spacial score (nSPS) is 10.0. The van der Waals surface area contributed by atoms with E-state index in [-0.39, 0.29) is 0 Å². The fourth-order valence-electron chi connectivity index (χ4n) is 1.29. The molecule has 0 radical (unpaired) electrons. The largest absolute Gasteiger partial charge is 0.253 e. The van der Waals surface area contributed by atoms with Gasteiger partial charge in [-0.3, -0.25) is 4.98 Å². The highest BCUT2D eigenvalue weighted by atomic mass is 14.7. The summed E-state index contributed by atoms with van der Waals surface area (Å²) in [4.78, 5) is 4.43. The van der Waals surface area contributed by atoms with E-state index in [4.69, 9.17) is 0 Å². The fraction of sp³-hybridized carbons (Fsp3) is 0.364. The maximum atomic E-state index is 4.43. The lowest BCUT2D eigenvalue weighted by Crippen LogP contribution is -1.98. The predicted molar refractivity (Wildman–Crippen MR) is 53.3 cm³/mol. The molecule has 0 atom stereocenters. The molecule has 0 aliphatic carbocycles. The second-order valence-corrected chi connectivity index (χ2v) is 3.16. The molecule has 0 aromatic carbocycles. The summed E-state index contributed by atoms with van der Waals surface area (Å²) in [6.45, 7) is 12.1. The molecule has 64 valence electrons. The zero-order valence-corrected chi connectivity index (χ0v) is 8.23. The summed E-state index contributed by atoms with van der Waals surface area (Å²) in [7, 11) is 0.